The van der Waals surface area contributed by atoms with Crippen molar-refractivity contribution in [3.05, 3.63) is 54.7 Å². The fourth-order valence-electron chi connectivity index (χ4n) is 4.80. The van der Waals surface area contributed by atoms with Crippen LogP contribution in [0.25, 0.3) is 22.0 Å². The van der Waals surface area contributed by atoms with Crippen molar-refractivity contribution in [1.82, 2.24) is 4.98 Å². The molecule has 30 heavy (non-hydrogen) atoms. The predicted octanol–water partition coefficient (Wildman–Crippen LogP) is 7.75. The number of hydrogen-bond acceptors (Lipinski definition) is 1. The first kappa shape index (κ1) is 23.4. The molecule has 1 aromatic heterocycles. The second-order valence-electron chi connectivity index (χ2n) is 9.27. The summed E-state index contributed by atoms with van der Waals surface area (Å²) >= 11 is 0. The maximum absolute atomic E-state index is 4.87. The van der Waals surface area contributed by atoms with E-state index in [0.717, 1.165) is 5.69 Å². The van der Waals surface area contributed by atoms with E-state index in [-0.39, 0.29) is 15.8 Å². The van der Waals surface area contributed by atoms with E-state index >= 15 is 0 Å². The molecule has 160 valence electrons. The summed E-state index contributed by atoms with van der Waals surface area (Å²) in [6.45, 7) is 18.9. The molecule has 2 aromatic carbocycles. The number of aromatic nitrogens is 1. The monoisotopic (exact) mass is 437 g/mol. The van der Waals surface area contributed by atoms with Crippen LogP contribution in [0.4, 0.5) is 0 Å². The van der Waals surface area contributed by atoms with Crippen LogP contribution in [0.2, 0.25) is 0 Å². The van der Waals surface area contributed by atoms with Gasteiger partial charge in [0, 0.05) is 17.1 Å². The van der Waals surface area contributed by atoms with E-state index in [4.69, 9.17) is 4.98 Å². The Morgan fingerprint density at radius 1 is 0.633 bits per heavy atom. The fourth-order valence-corrected chi connectivity index (χ4v) is 10.8. The van der Waals surface area contributed by atoms with Crippen LogP contribution >= 0.6 is 15.8 Å². The molecule has 0 N–H and O–H groups in total. The first-order valence-corrected chi connectivity index (χ1v) is 14.2. The van der Waals surface area contributed by atoms with Crippen molar-refractivity contribution < 1.29 is 0 Å². The normalized spacial score (nSPS) is 12.5. The van der Waals surface area contributed by atoms with Gasteiger partial charge in [0.15, 0.2) is 0 Å². The Labute approximate surface area is 186 Å². The number of nitrogens with zero attached hydrogens (tertiary/aromatic N) is 1. The summed E-state index contributed by atoms with van der Waals surface area (Å²) in [6.07, 6.45) is 2.01. The van der Waals surface area contributed by atoms with Gasteiger partial charge in [0.25, 0.3) is 0 Å². The van der Waals surface area contributed by atoms with Crippen LogP contribution in [0.5, 0.6) is 0 Å². The third-order valence-corrected chi connectivity index (χ3v) is 12.0. The van der Waals surface area contributed by atoms with Gasteiger partial charge in [0.1, 0.15) is 0 Å². The summed E-state index contributed by atoms with van der Waals surface area (Å²) in [7, 11) is -0.395. The Balaban J connectivity index is 2.17. The van der Waals surface area contributed by atoms with E-state index in [1.807, 2.05) is 6.20 Å². The predicted molar refractivity (Wildman–Crippen MR) is 141 cm³/mol. The van der Waals surface area contributed by atoms with Crippen LogP contribution in [-0.4, -0.2) is 27.6 Å². The van der Waals surface area contributed by atoms with E-state index < -0.39 is 0 Å². The van der Waals surface area contributed by atoms with Gasteiger partial charge in [-0.25, -0.2) is 0 Å². The molecule has 0 radical (unpaired) electrons. The van der Waals surface area contributed by atoms with Gasteiger partial charge in [0.05, 0.1) is 5.69 Å². The molecule has 0 aliphatic heterocycles. The topological polar surface area (TPSA) is 12.9 Å². The van der Waals surface area contributed by atoms with Crippen LogP contribution in [0.15, 0.2) is 54.7 Å². The van der Waals surface area contributed by atoms with E-state index in [1.165, 1.54) is 26.9 Å². The SMILES string of the molecule is CC(C)P(c1cccc(-c2nccc3c(P(C(C)C)C(C)C)cccc23)c1)C(C)C. The Bertz CT molecular complexity index is 975. The summed E-state index contributed by atoms with van der Waals surface area (Å²) in [4.78, 5) is 4.87. The molecule has 0 atom stereocenters. The van der Waals surface area contributed by atoms with Crippen LogP contribution in [0.3, 0.4) is 0 Å². The Morgan fingerprint density at radius 3 is 1.83 bits per heavy atom. The minimum absolute atomic E-state index is 0.182. The molecule has 0 aliphatic rings. The molecule has 1 nitrogen and oxygen atoms in total. The average Bonchev–Trinajstić information content (AvgIpc) is 2.67. The largest absolute Gasteiger partial charge is 0.256 e. The molecular formula is C27H37NP2. The average molecular weight is 438 g/mol. The highest BCUT2D eigenvalue weighted by Crippen LogP contribution is 2.47. The number of fused-ring (bicyclic) bond motifs is 1. The molecule has 1 heterocycles. The fraction of sp³-hybridized carbons (Fsp3) is 0.444. The smallest absolute Gasteiger partial charge is 0.0780 e. The lowest BCUT2D eigenvalue weighted by atomic mass is 10.0. The molecule has 3 rings (SSSR count). The lowest BCUT2D eigenvalue weighted by Crippen LogP contribution is -2.16. The van der Waals surface area contributed by atoms with Crippen molar-refractivity contribution in [1.29, 1.82) is 0 Å². The lowest BCUT2D eigenvalue weighted by molar-refractivity contribution is 1.02. The van der Waals surface area contributed by atoms with Crippen molar-refractivity contribution in [2.45, 2.75) is 78.0 Å². The maximum atomic E-state index is 4.87. The highest BCUT2D eigenvalue weighted by atomic mass is 31.1. The van der Waals surface area contributed by atoms with Gasteiger partial charge in [-0.3, -0.25) is 4.98 Å². The standard InChI is InChI=1S/C27H37NP2/c1-18(2)29(19(3)4)23-12-9-11-22(17-23)27-25-13-10-14-26(24(25)15-16-28-27)30(20(5)6)21(7)8/h9-21H,1-8H3. The van der Waals surface area contributed by atoms with Gasteiger partial charge < -0.3 is 0 Å². The number of rotatable bonds is 7. The zero-order chi connectivity index (χ0) is 22.0. The summed E-state index contributed by atoms with van der Waals surface area (Å²) < 4.78 is 0. The molecule has 0 aliphatic carbocycles. The summed E-state index contributed by atoms with van der Waals surface area (Å²) in [5, 5.41) is 5.70. The zero-order valence-electron chi connectivity index (χ0n) is 19.8. The first-order chi connectivity index (χ1) is 14.2. The molecule has 0 amide bonds. The van der Waals surface area contributed by atoms with E-state index in [2.05, 4.69) is 104 Å². The van der Waals surface area contributed by atoms with Crippen LogP contribution in [-0.2, 0) is 0 Å². The van der Waals surface area contributed by atoms with Crippen molar-refractivity contribution in [3.63, 3.8) is 0 Å². The van der Waals surface area contributed by atoms with Gasteiger partial charge in [-0.1, -0.05) is 108 Å². The number of hydrogen-bond donors (Lipinski definition) is 0. The maximum Gasteiger partial charge on any atom is 0.0780 e. The number of pyridine rings is 1. The summed E-state index contributed by atoms with van der Waals surface area (Å²) in [6, 6.07) is 18.3. The van der Waals surface area contributed by atoms with Crippen molar-refractivity contribution in [2.24, 2.45) is 0 Å². The Hall–Kier alpha value is -1.29. The minimum atomic E-state index is -0.213. The van der Waals surface area contributed by atoms with Crippen molar-refractivity contribution in [3.8, 4) is 11.3 Å². The molecule has 0 saturated heterocycles. The summed E-state index contributed by atoms with van der Waals surface area (Å²) in [5.74, 6) is 0. The van der Waals surface area contributed by atoms with E-state index in [0.29, 0.717) is 22.6 Å². The van der Waals surface area contributed by atoms with Crippen molar-refractivity contribution >= 4 is 37.2 Å². The molecule has 3 aromatic rings. The summed E-state index contributed by atoms with van der Waals surface area (Å²) in [5.41, 5.74) is 5.09. The lowest BCUT2D eigenvalue weighted by Gasteiger charge is -2.28. The van der Waals surface area contributed by atoms with E-state index in [1.54, 1.807) is 0 Å². The zero-order valence-corrected chi connectivity index (χ0v) is 21.6. The minimum Gasteiger partial charge on any atom is -0.256 e. The van der Waals surface area contributed by atoms with Crippen LogP contribution in [0.1, 0.15) is 55.4 Å². The first-order valence-electron chi connectivity index (χ1n) is 11.3. The molecule has 0 spiro atoms. The van der Waals surface area contributed by atoms with E-state index in [9.17, 15) is 0 Å². The van der Waals surface area contributed by atoms with Gasteiger partial charge in [-0.2, -0.15) is 0 Å². The van der Waals surface area contributed by atoms with Crippen molar-refractivity contribution in [2.75, 3.05) is 0 Å². The highest BCUT2D eigenvalue weighted by Gasteiger charge is 2.23. The Morgan fingerprint density at radius 2 is 1.23 bits per heavy atom. The highest BCUT2D eigenvalue weighted by molar-refractivity contribution is 7.67. The molecule has 3 heteroatoms. The molecular weight excluding hydrogens is 400 g/mol. The molecule has 0 bridgehead atoms. The molecule has 0 saturated carbocycles. The van der Waals surface area contributed by atoms with Gasteiger partial charge in [0.2, 0.25) is 0 Å². The second-order valence-corrected chi connectivity index (χ2v) is 16.0. The third-order valence-electron chi connectivity index (χ3n) is 5.70. The molecule has 0 unspecified atom stereocenters. The van der Waals surface area contributed by atoms with Gasteiger partial charge >= 0.3 is 0 Å². The van der Waals surface area contributed by atoms with Gasteiger partial charge in [-0.05, 0) is 50.8 Å². The quantitative estimate of drug-likeness (QED) is 0.344. The Kier molecular flexibility index (Phi) is 7.71. The third kappa shape index (κ3) is 4.79. The van der Waals surface area contributed by atoms with Gasteiger partial charge in [-0.15, -0.1) is 0 Å². The number of benzene rings is 2. The van der Waals surface area contributed by atoms with Crippen LogP contribution < -0.4 is 10.6 Å². The van der Waals surface area contributed by atoms with Crippen LogP contribution in [0, 0.1) is 0 Å². The second kappa shape index (κ2) is 9.89. The molecule has 0 fully saturated rings.